The molecule has 3 aromatic rings. The molecule has 0 amide bonds. The van der Waals surface area contributed by atoms with E-state index in [1.54, 1.807) is 23.5 Å². The largest absolute Gasteiger partial charge is 0.279 e. The van der Waals surface area contributed by atoms with Crippen LogP contribution in [-0.2, 0) is 19.4 Å². The molecular weight excluding hydrogens is 365 g/mol. The summed E-state index contributed by atoms with van der Waals surface area (Å²) in [5.74, 6) is 0.664. The van der Waals surface area contributed by atoms with Crippen LogP contribution in [0, 0.1) is 5.92 Å². The van der Waals surface area contributed by atoms with Gasteiger partial charge in [0.2, 0.25) is 0 Å². The summed E-state index contributed by atoms with van der Waals surface area (Å²) in [6.07, 6.45) is 3.10. The first kappa shape index (κ1) is 16.1. The van der Waals surface area contributed by atoms with E-state index in [-0.39, 0.29) is 5.56 Å². The fourth-order valence-electron chi connectivity index (χ4n) is 3.21. The zero-order chi connectivity index (χ0) is 16.8. The molecule has 0 saturated heterocycles. The minimum atomic E-state index is -0.0712. The van der Waals surface area contributed by atoms with E-state index in [0.717, 1.165) is 35.0 Å². The van der Waals surface area contributed by atoms with Gasteiger partial charge in [-0.2, -0.15) is 0 Å². The Kier molecular flexibility index (Phi) is 4.11. The minimum Gasteiger partial charge on any atom is -0.267 e. The molecule has 4 rings (SSSR count). The van der Waals surface area contributed by atoms with Gasteiger partial charge in [-0.25, -0.2) is 4.68 Å². The second-order valence-corrected chi connectivity index (χ2v) is 8.23. The molecule has 1 atom stereocenters. The van der Waals surface area contributed by atoms with Crippen LogP contribution in [0.5, 0.6) is 0 Å². The maximum atomic E-state index is 12.9. The molecule has 0 fully saturated rings. The highest BCUT2D eigenvalue weighted by molar-refractivity contribution is 7.18. The summed E-state index contributed by atoms with van der Waals surface area (Å²) in [4.78, 5) is 15.0. The van der Waals surface area contributed by atoms with E-state index in [0.29, 0.717) is 22.5 Å². The minimum absolute atomic E-state index is 0.0712. The van der Waals surface area contributed by atoms with E-state index in [2.05, 4.69) is 17.2 Å². The van der Waals surface area contributed by atoms with Crippen LogP contribution in [0.15, 0.2) is 23.0 Å². The smallest absolute Gasteiger partial charge is 0.267 e. The number of aryl methyl sites for hydroxylation is 1. The molecule has 0 N–H and O–H groups in total. The molecular formula is C17H15Cl2N3OS. The van der Waals surface area contributed by atoms with Crippen LogP contribution in [-0.4, -0.2) is 15.0 Å². The molecule has 1 aliphatic rings. The lowest BCUT2D eigenvalue weighted by molar-refractivity contribution is 0.508. The molecule has 2 heterocycles. The molecule has 0 aliphatic heterocycles. The van der Waals surface area contributed by atoms with Crippen LogP contribution < -0.4 is 5.56 Å². The van der Waals surface area contributed by atoms with Crippen molar-refractivity contribution in [3.05, 3.63) is 54.6 Å². The van der Waals surface area contributed by atoms with Gasteiger partial charge in [-0.05, 0) is 48.4 Å². The fourth-order valence-corrected chi connectivity index (χ4v) is 4.85. The molecule has 0 radical (unpaired) electrons. The highest BCUT2D eigenvalue weighted by atomic mass is 35.5. The molecule has 0 saturated carbocycles. The summed E-state index contributed by atoms with van der Waals surface area (Å²) in [5.41, 5.74) is 1.98. The van der Waals surface area contributed by atoms with E-state index in [1.165, 1.54) is 15.1 Å². The van der Waals surface area contributed by atoms with Gasteiger partial charge in [-0.1, -0.05) is 41.4 Å². The Morgan fingerprint density at radius 1 is 1.33 bits per heavy atom. The van der Waals surface area contributed by atoms with Crippen LogP contribution in [0.3, 0.4) is 0 Å². The average Bonchev–Trinajstić information content (AvgIpc) is 2.91. The lowest BCUT2D eigenvalue weighted by Crippen LogP contribution is -2.25. The first-order valence-corrected chi connectivity index (χ1v) is 9.42. The van der Waals surface area contributed by atoms with E-state index in [9.17, 15) is 4.79 Å². The SMILES string of the molecule is CC1CCc2c(sc3nnn(Cc4ccc(Cl)c(Cl)c4)c(=O)c23)C1. The normalized spacial score (nSPS) is 17.2. The van der Waals surface area contributed by atoms with Crippen molar-refractivity contribution in [2.75, 3.05) is 0 Å². The molecule has 1 unspecified atom stereocenters. The van der Waals surface area contributed by atoms with Crippen molar-refractivity contribution in [2.45, 2.75) is 32.7 Å². The van der Waals surface area contributed by atoms with Crippen molar-refractivity contribution >= 4 is 44.8 Å². The highest BCUT2D eigenvalue weighted by Crippen LogP contribution is 2.35. The summed E-state index contributed by atoms with van der Waals surface area (Å²) in [6, 6.07) is 5.33. The zero-order valence-electron chi connectivity index (χ0n) is 13.1. The van der Waals surface area contributed by atoms with Crippen molar-refractivity contribution in [3.8, 4) is 0 Å². The number of benzene rings is 1. The quantitative estimate of drug-likeness (QED) is 0.665. The van der Waals surface area contributed by atoms with Crippen molar-refractivity contribution < 1.29 is 0 Å². The standard InChI is InChI=1S/C17H15Cl2N3OS/c1-9-2-4-11-14(6-9)24-16-15(11)17(23)22(21-20-16)8-10-3-5-12(18)13(19)7-10/h3,5,7,9H,2,4,6,8H2,1H3. The zero-order valence-corrected chi connectivity index (χ0v) is 15.4. The van der Waals surface area contributed by atoms with Gasteiger partial charge in [0.1, 0.15) is 0 Å². The lowest BCUT2D eigenvalue weighted by atomic mass is 9.89. The fraction of sp³-hybridized carbons (Fsp3) is 0.353. The van der Waals surface area contributed by atoms with Gasteiger partial charge in [-0.15, -0.1) is 16.4 Å². The summed E-state index contributed by atoms with van der Waals surface area (Å²) in [5, 5.41) is 10.1. The summed E-state index contributed by atoms with van der Waals surface area (Å²) in [6.45, 7) is 2.58. The van der Waals surface area contributed by atoms with Gasteiger partial charge in [0, 0.05) is 4.88 Å². The molecule has 1 aromatic carbocycles. The predicted octanol–water partition coefficient (Wildman–Crippen LogP) is 4.33. The molecule has 24 heavy (non-hydrogen) atoms. The van der Waals surface area contributed by atoms with E-state index < -0.39 is 0 Å². The van der Waals surface area contributed by atoms with Gasteiger partial charge in [-0.3, -0.25) is 4.79 Å². The Balaban J connectivity index is 1.78. The van der Waals surface area contributed by atoms with E-state index >= 15 is 0 Å². The molecule has 2 aromatic heterocycles. The summed E-state index contributed by atoms with van der Waals surface area (Å²) >= 11 is 13.6. The Morgan fingerprint density at radius 3 is 2.96 bits per heavy atom. The molecule has 7 heteroatoms. The number of hydrogen-bond acceptors (Lipinski definition) is 4. The van der Waals surface area contributed by atoms with Crippen LogP contribution in [0.1, 0.15) is 29.3 Å². The van der Waals surface area contributed by atoms with E-state index in [4.69, 9.17) is 23.2 Å². The third kappa shape index (κ3) is 2.75. The molecule has 124 valence electrons. The Hall–Kier alpha value is -1.43. The van der Waals surface area contributed by atoms with Crippen LogP contribution in [0.4, 0.5) is 0 Å². The maximum Gasteiger partial charge on any atom is 0.279 e. The van der Waals surface area contributed by atoms with Gasteiger partial charge in [0.15, 0.2) is 4.83 Å². The summed E-state index contributed by atoms with van der Waals surface area (Å²) < 4.78 is 1.41. The Labute approximate surface area is 153 Å². The Morgan fingerprint density at radius 2 is 2.17 bits per heavy atom. The van der Waals surface area contributed by atoms with Gasteiger partial charge in [0.25, 0.3) is 5.56 Å². The maximum absolute atomic E-state index is 12.9. The third-order valence-corrected chi connectivity index (χ3v) is 6.38. The van der Waals surface area contributed by atoms with Crippen LogP contribution in [0.2, 0.25) is 10.0 Å². The van der Waals surface area contributed by atoms with Gasteiger partial charge < -0.3 is 0 Å². The van der Waals surface area contributed by atoms with Crippen molar-refractivity contribution in [1.29, 1.82) is 0 Å². The lowest BCUT2D eigenvalue weighted by Gasteiger charge is -2.17. The number of fused-ring (bicyclic) bond motifs is 3. The molecule has 1 aliphatic carbocycles. The van der Waals surface area contributed by atoms with Crippen molar-refractivity contribution in [2.24, 2.45) is 5.92 Å². The monoisotopic (exact) mass is 379 g/mol. The number of aromatic nitrogens is 3. The number of hydrogen-bond donors (Lipinski definition) is 0. The average molecular weight is 380 g/mol. The second kappa shape index (κ2) is 6.14. The molecule has 4 nitrogen and oxygen atoms in total. The van der Waals surface area contributed by atoms with Gasteiger partial charge in [0.05, 0.1) is 22.0 Å². The predicted molar refractivity (Wildman–Crippen MR) is 98.4 cm³/mol. The van der Waals surface area contributed by atoms with Crippen molar-refractivity contribution in [1.82, 2.24) is 15.0 Å². The van der Waals surface area contributed by atoms with Crippen molar-refractivity contribution in [3.63, 3.8) is 0 Å². The first-order chi connectivity index (χ1) is 11.5. The molecule has 0 bridgehead atoms. The summed E-state index contributed by atoms with van der Waals surface area (Å²) in [7, 11) is 0. The topological polar surface area (TPSA) is 47.8 Å². The molecule has 0 spiro atoms. The number of halogens is 2. The van der Waals surface area contributed by atoms with E-state index in [1.807, 2.05) is 6.07 Å². The highest BCUT2D eigenvalue weighted by Gasteiger charge is 2.23. The second-order valence-electron chi connectivity index (χ2n) is 6.33. The Bertz CT molecular complexity index is 995. The number of thiophene rings is 1. The first-order valence-electron chi connectivity index (χ1n) is 7.85. The third-order valence-electron chi connectivity index (χ3n) is 4.50. The number of rotatable bonds is 2. The van der Waals surface area contributed by atoms with Crippen LogP contribution >= 0.6 is 34.5 Å². The van der Waals surface area contributed by atoms with Crippen LogP contribution in [0.25, 0.3) is 10.2 Å². The number of nitrogens with zero attached hydrogens (tertiary/aromatic N) is 3. The van der Waals surface area contributed by atoms with Gasteiger partial charge >= 0.3 is 0 Å².